The molecular weight excluding hydrogens is 505 g/mol. The Morgan fingerprint density at radius 2 is 1.77 bits per heavy atom. The number of benzene rings is 2. The third-order valence-corrected chi connectivity index (χ3v) is 6.61. The molecule has 2 aromatic carbocycles. The molecule has 0 unspecified atom stereocenters. The lowest BCUT2D eigenvalue weighted by Gasteiger charge is -2.21. The van der Waals surface area contributed by atoms with E-state index in [4.69, 9.17) is 23.2 Å². The number of para-hydroxylation sites is 1. The molecule has 0 aliphatic carbocycles. The first-order valence-electron chi connectivity index (χ1n) is 11.1. The van der Waals surface area contributed by atoms with Gasteiger partial charge in [0.15, 0.2) is 11.0 Å². The molecule has 0 bridgehead atoms. The molecular formula is C25H27Cl2N5O2S. The standard InChI is InChI=1S/C25H27Cl2N5O2S/c1-4-13-32-23(21(14-16(2)3)29-24(34)17-9-5-6-10-18(17)26)30-31-25(32)35-15-22(33)28-20-12-8-7-11-19(20)27/h4-12,16,21H,1,13-15H2,2-3H3,(H,28,33)(H,29,34)/t21-/m0/s1. The first kappa shape index (κ1) is 26.8. The second-order valence-corrected chi connectivity index (χ2v) is 9.95. The van der Waals surface area contributed by atoms with E-state index in [0.29, 0.717) is 45.2 Å². The lowest BCUT2D eigenvalue weighted by atomic mass is 10.0. The molecule has 3 aromatic rings. The number of halogens is 2. The lowest BCUT2D eigenvalue weighted by molar-refractivity contribution is -0.113. The van der Waals surface area contributed by atoms with E-state index in [1.54, 1.807) is 54.6 Å². The van der Waals surface area contributed by atoms with Crippen molar-refractivity contribution in [2.45, 2.75) is 38.0 Å². The van der Waals surface area contributed by atoms with E-state index < -0.39 is 6.04 Å². The van der Waals surface area contributed by atoms with Crippen LogP contribution >= 0.6 is 35.0 Å². The molecule has 1 atom stereocenters. The Balaban J connectivity index is 1.78. The fraction of sp³-hybridized carbons (Fsp3) is 0.280. The molecule has 0 radical (unpaired) electrons. The summed E-state index contributed by atoms with van der Waals surface area (Å²) >= 11 is 13.6. The van der Waals surface area contributed by atoms with Crippen LogP contribution in [0.1, 0.15) is 42.5 Å². The SMILES string of the molecule is C=CCn1c(SCC(=O)Nc2ccccc2Cl)nnc1[C@H](CC(C)C)NC(=O)c1ccccc1Cl. The second-order valence-electron chi connectivity index (χ2n) is 8.19. The van der Waals surface area contributed by atoms with Gasteiger partial charge in [-0.15, -0.1) is 16.8 Å². The zero-order valence-electron chi connectivity index (χ0n) is 19.5. The van der Waals surface area contributed by atoms with Gasteiger partial charge in [0.2, 0.25) is 5.91 Å². The van der Waals surface area contributed by atoms with Gasteiger partial charge in [0, 0.05) is 6.54 Å². The van der Waals surface area contributed by atoms with E-state index in [1.807, 2.05) is 4.57 Å². The molecule has 0 spiro atoms. The molecule has 2 amide bonds. The molecule has 10 heteroatoms. The first-order chi connectivity index (χ1) is 16.8. The van der Waals surface area contributed by atoms with E-state index in [9.17, 15) is 9.59 Å². The van der Waals surface area contributed by atoms with E-state index in [2.05, 4.69) is 41.3 Å². The van der Waals surface area contributed by atoms with Crippen molar-refractivity contribution in [1.82, 2.24) is 20.1 Å². The van der Waals surface area contributed by atoms with Crippen molar-refractivity contribution in [2.24, 2.45) is 5.92 Å². The molecule has 184 valence electrons. The van der Waals surface area contributed by atoms with Crippen molar-refractivity contribution in [3.8, 4) is 0 Å². The van der Waals surface area contributed by atoms with Gasteiger partial charge in [0.05, 0.1) is 33.1 Å². The number of allylic oxidation sites excluding steroid dienone is 1. The van der Waals surface area contributed by atoms with Gasteiger partial charge in [0.25, 0.3) is 5.91 Å². The van der Waals surface area contributed by atoms with E-state index in [1.165, 1.54) is 11.8 Å². The number of aromatic nitrogens is 3. The average Bonchev–Trinajstić information content (AvgIpc) is 3.21. The van der Waals surface area contributed by atoms with Gasteiger partial charge in [0.1, 0.15) is 0 Å². The third kappa shape index (κ3) is 7.34. The molecule has 0 fully saturated rings. The highest BCUT2D eigenvalue weighted by Crippen LogP contribution is 2.27. The minimum absolute atomic E-state index is 0.112. The normalized spacial score (nSPS) is 11.8. The topological polar surface area (TPSA) is 88.9 Å². The zero-order valence-corrected chi connectivity index (χ0v) is 21.8. The highest BCUT2D eigenvalue weighted by atomic mass is 35.5. The number of carbonyl (C=O) groups excluding carboxylic acids is 2. The fourth-order valence-corrected chi connectivity index (χ4v) is 4.59. The Labute approximate surface area is 219 Å². The number of rotatable bonds is 11. The second kappa shape index (κ2) is 12.8. The van der Waals surface area contributed by atoms with E-state index in [-0.39, 0.29) is 23.5 Å². The number of hydrogen-bond acceptors (Lipinski definition) is 5. The minimum atomic E-state index is -0.405. The predicted octanol–water partition coefficient (Wildman–Crippen LogP) is 6.02. The maximum absolute atomic E-state index is 13.0. The number of hydrogen-bond donors (Lipinski definition) is 2. The summed E-state index contributed by atoms with van der Waals surface area (Å²) in [5, 5.41) is 15.9. The Morgan fingerprint density at radius 1 is 1.09 bits per heavy atom. The van der Waals surface area contributed by atoms with Crippen molar-refractivity contribution in [3.05, 3.63) is 82.6 Å². The number of carbonyl (C=O) groups is 2. The van der Waals surface area contributed by atoms with Crippen molar-refractivity contribution in [1.29, 1.82) is 0 Å². The van der Waals surface area contributed by atoms with Crippen LogP contribution in [-0.4, -0.2) is 32.3 Å². The third-order valence-electron chi connectivity index (χ3n) is 4.98. The number of thioether (sulfide) groups is 1. The fourth-order valence-electron chi connectivity index (χ4n) is 3.43. The summed E-state index contributed by atoms with van der Waals surface area (Å²) in [5.74, 6) is 0.471. The molecule has 0 saturated carbocycles. The van der Waals surface area contributed by atoms with Gasteiger partial charge >= 0.3 is 0 Å². The van der Waals surface area contributed by atoms with Crippen LogP contribution in [0.2, 0.25) is 10.0 Å². The smallest absolute Gasteiger partial charge is 0.253 e. The highest BCUT2D eigenvalue weighted by molar-refractivity contribution is 7.99. The summed E-state index contributed by atoms with van der Waals surface area (Å²) in [5.41, 5.74) is 0.941. The Morgan fingerprint density at radius 3 is 2.43 bits per heavy atom. The van der Waals surface area contributed by atoms with E-state index in [0.717, 1.165) is 0 Å². The van der Waals surface area contributed by atoms with Crippen LogP contribution in [0.5, 0.6) is 0 Å². The summed E-state index contributed by atoms with van der Waals surface area (Å²) in [6.07, 6.45) is 2.37. The summed E-state index contributed by atoms with van der Waals surface area (Å²) in [6.45, 7) is 8.39. The van der Waals surface area contributed by atoms with Crippen LogP contribution in [0.3, 0.4) is 0 Å². The Kier molecular flexibility index (Phi) is 9.77. The summed E-state index contributed by atoms with van der Waals surface area (Å²) < 4.78 is 1.86. The maximum atomic E-state index is 13.0. The molecule has 3 rings (SSSR count). The summed E-state index contributed by atoms with van der Waals surface area (Å²) in [6, 6.07) is 13.5. The van der Waals surface area contributed by atoms with Crippen molar-refractivity contribution in [3.63, 3.8) is 0 Å². The van der Waals surface area contributed by atoms with Crippen LogP contribution in [0.4, 0.5) is 5.69 Å². The quantitative estimate of drug-likeness (QED) is 0.233. The molecule has 7 nitrogen and oxygen atoms in total. The molecule has 35 heavy (non-hydrogen) atoms. The predicted molar refractivity (Wildman–Crippen MR) is 142 cm³/mol. The van der Waals surface area contributed by atoms with Crippen LogP contribution < -0.4 is 10.6 Å². The van der Waals surface area contributed by atoms with Crippen LogP contribution in [-0.2, 0) is 11.3 Å². The lowest BCUT2D eigenvalue weighted by Crippen LogP contribution is -2.32. The van der Waals surface area contributed by atoms with Gasteiger partial charge < -0.3 is 15.2 Å². The van der Waals surface area contributed by atoms with Gasteiger partial charge in [-0.05, 0) is 36.6 Å². The highest BCUT2D eigenvalue weighted by Gasteiger charge is 2.25. The zero-order chi connectivity index (χ0) is 25.4. The van der Waals surface area contributed by atoms with Gasteiger partial charge in [-0.1, -0.05) is 79.2 Å². The number of amides is 2. The van der Waals surface area contributed by atoms with Gasteiger partial charge in [-0.2, -0.15) is 0 Å². The monoisotopic (exact) mass is 531 g/mol. The van der Waals surface area contributed by atoms with E-state index >= 15 is 0 Å². The minimum Gasteiger partial charge on any atom is -0.342 e. The molecule has 1 heterocycles. The molecule has 0 aliphatic rings. The molecule has 0 aliphatic heterocycles. The maximum Gasteiger partial charge on any atom is 0.253 e. The van der Waals surface area contributed by atoms with Gasteiger partial charge in [-0.3, -0.25) is 9.59 Å². The van der Waals surface area contributed by atoms with Gasteiger partial charge in [-0.25, -0.2) is 0 Å². The van der Waals surface area contributed by atoms with Crippen LogP contribution in [0, 0.1) is 5.92 Å². The van der Waals surface area contributed by atoms with Crippen molar-refractivity contribution >= 4 is 52.5 Å². The molecule has 2 N–H and O–H groups in total. The first-order valence-corrected chi connectivity index (χ1v) is 12.8. The number of nitrogens with one attached hydrogen (secondary N) is 2. The summed E-state index contributed by atoms with van der Waals surface area (Å²) in [7, 11) is 0. The van der Waals surface area contributed by atoms with Crippen molar-refractivity contribution in [2.75, 3.05) is 11.1 Å². The number of nitrogens with zero attached hydrogens (tertiary/aromatic N) is 3. The van der Waals surface area contributed by atoms with Crippen LogP contribution in [0.25, 0.3) is 0 Å². The Hall–Kier alpha value is -2.81. The largest absolute Gasteiger partial charge is 0.342 e. The van der Waals surface area contributed by atoms with Crippen molar-refractivity contribution < 1.29 is 9.59 Å². The van der Waals surface area contributed by atoms with Crippen LogP contribution in [0.15, 0.2) is 66.3 Å². The molecule has 0 saturated heterocycles. The average molecular weight is 532 g/mol. The molecule has 1 aromatic heterocycles. The Bertz CT molecular complexity index is 1200. The summed E-state index contributed by atoms with van der Waals surface area (Å²) in [4.78, 5) is 25.5. The number of anilines is 1.